The quantitative estimate of drug-likeness (QED) is 0.903. The lowest BCUT2D eigenvalue weighted by Gasteiger charge is -2.11. The zero-order valence-electron chi connectivity index (χ0n) is 11.4. The van der Waals surface area contributed by atoms with Crippen LogP contribution in [0.25, 0.3) is 5.69 Å². The predicted molar refractivity (Wildman–Crippen MR) is 74.6 cm³/mol. The van der Waals surface area contributed by atoms with Crippen molar-refractivity contribution in [3.05, 3.63) is 42.0 Å². The van der Waals surface area contributed by atoms with Crippen molar-refractivity contribution in [3.8, 4) is 5.69 Å². The van der Waals surface area contributed by atoms with Crippen molar-refractivity contribution in [2.24, 2.45) is 0 Å². The molecular formula is C15H19N3O2. The topological polar surface area (TPSA) is 60.2 Å². The molecule has 1 aliphatic rings. The van der Waals surface area contributed by atoms with Crippen LogP contribution in [0.5, 0.6) is 0 Å². The minimum Gasteiger partial charge on any atom is -0.388 e. The smallest absolute Gasteiger partial charge is 0.163 e. The first-order valence-electron chi connectivity index (χ1n) is 7.09. The second kappa shape index (κ2) is 6.15. The maximum absolute atomic E-state index is 9.42. The molecule has 0 bridgehead atoms. The molecule has 1 aromatic heterocycles. The molecule has 1 saturated heterocycles. The third kappa shape index (κ3) is 2.73. The van der Waals surface area contributed by atoms with E-state index in [9.17, 15) is 5.11 Å². The number of aryl methyl sites for hydroxylation is 1. The number of ether oxygens (including phenoxy) is 1. The van der Waals surface area contributed by atoms with Gasteiger partial charge in [-0.05, 0) is 31.4 Å². The monoisotopic (exact) mass is 273 g/mol. The van der Waals surface area contributed by atoms with Crippen LogP contribution < -0.4 is 0 Å². The van der Waals surface area contributed by atoms with Gasteiger partial charge in [-0.1, -0.05) is 18.2 Å². The van der Waals surface area contributed by atoms with Crippen molar-refractivity contribution in [3.63, 3.8) is 0 Å². The van der Waals surface area contributed by atoms with E-state index in [1.165, 1.54) is 0 Å². The molecule has 5 heteroatoms. The number of para-hydroxylation sites is 1. The number of aliphatic hydroxyl groups excluding tert-OH is 1. The van der Waals surface area contributed by atoms with E-state index in [0.29, 0.717) is 11.9 Å². The average molecular weight is 273 g/mol. The molecule has 1 aliphatic heterocycles. The number of rotatable bonds is 5. The molecular weight excluding hydrogens is 254 g/mol. The van der Waals surface area contributed by atoms with E-state index < -0.39 is 0 Å². The van der Waals surface area contributed by atoms with Crippen molar-refractivity contribution in [2.45, 2.75) is 38.4 Å². The molecule has 1 aromatic carbocycles. The Labute approximate surface area is 118 Å². The Hall–Kier alpha value is -1.72. The summed E-state index contributed by atoms with van der Waals surface area (Å²) in [7, 11) is 0. The van der Waals surface area contributed by atoms with Gasteiger partial charge in [0.15, 0.2) is 5.82 Å². The first-order valence-corrected chi connectivity index (χ1v) is 7.09. The number of hydrogen-bond acceptors (Lipinski definition) is 4. The van der Waals surface area contributed by atoms with Crippen LogP contribution in [0.1, 0.15) is 30.9 Å². The van der Waals surface area contributed by atoms with Crippen LogP contribution in [-0.2, 0) is 17.8 Å². The number of aromatic nitrogens is 3. The van der Waals surface area contributed by atoms with E-state index in [2.05, 4.69) is 10.2 Å². The summed E-state index contributed by atoms with van der Waals surface area (Å²) in [5, 5.41) is 17.7. The van der Waals surface area contributed by atoms with Gasteiger partial charge in [-0.3, -0.25) is 4.57 Å². The molecule has 0 saturated carbocycles. The Balaban J connectivity index is 1.81. The molecule has 20 heavy (non-hydrogen) atoms. The van der Waals surface area contributed by atoms with E-state index in [1.807, 2.05) is 34.9 Å². The van der Waals surface area contributed by atoms with Crippen LogP contribution in [0, 0.1) is 0 Å². The minimum atomic E-state index is -0.109. The van der Waals surface area contributed by atoms with Crippen LogP contribution in [0.3, 0.4) is 0 Å². The van der Waals surface area contributed by atoms with E-state index in [4.69, 9.17) is 4.74 Å². The molecule has 1 unspecified atom stereocenters. The van der Waals surface area contributed by atoms with E-state index >= 15 is 0 Å². The lowest BCUT2D eigenvalue weighted by atomic mass is 10.1. The first kappa shape index (κ1) is 13.3. The summed E-state index contributed by atoms with van der Waals surface area (Å²) in [5.74, 6) is 1.47. The van der Waals surface area contributed by atoms with Gasteiger partial charge >= 0.3 is 0 Å². The third-order valence-corrected chi connectivity index (χ3v) is 3.67. The van der Waals surface area contributed by atoms with Gasteiger partial charge in [0.05, 0.1) is 6.10 Å². The van der Waals surface area contributed by atoms with Gasteiger partial charge in [0.25, 0.3) is 0 Å². The van der Waals surface area contributed by atoms with Crippen molar-refractivity contribution in [1.29, 1.82) is 0 Å². The van der Waals surface area contributed by atoms with Crippen LogP contribution in [-0.4, -0.2) is 32.6 Å². The molecule has 0 amide bonds. The number of aliphatic hydroxyl groups is 1. The van der Waals surface area contributed by atoms with Gasteiger partial charge in [-0.2, -0.15) is 0 Å². The summed E-state index contributed by atoms with van der Waals surface area (Å²) in [5.41, 5.74) is 0.990. The molecule has 106 valence electrons. The number of nitrogens with zero attached hydrogens (tertiary/aromatic N) is 3. The van der Waals surface area contributed by atoms with E-state index in [-0.39, 0.29) is 6.61 Å². The third-order valence-electron chi connectivity index (χ3n) is 3.67. The molecule has 1 N–H and O–H groups in total. The Morgan fingerprint density at radius 1 is 1.20 bits per heavy atom. The fourth-order valence-corrected chi connectivity index (χ4v) is 2.66. The largest absolute Gasteiger partial charge is 0.388 e. The van der Waals surface area contributed by atoms with Crippen LogP contribution >= 0.6 is 0 Å². The minimum absolute atomic E-state index is 0.109. The molecule has 0 radical (unpaired) electrons. The van der Waals surface area contributed by atoms with Crippen molar-refractivity contribution < 1.29 is 9.84 Å². The summed E-state index contributed by atoms with van der Waals surface area (Å²) in [6.45, 7) is 0.764. The van der Waals surface area contributed by atoms with Crippen LogP contribution in [0.4, 0.5) is 0 Å². The Morgan fingerprint density at radius 2 is 2.00 bits per heavy atom. The normalized spacial score (nSPS) is 18.6. The zero-order valence-corrected chi connectivity index (χ0v) is 11.4. The predicted octanol–water partition coefficient (Wildman–Crippen LogP) is 1.87. The van der Waals surface area contributed by atoms with Gasteiger partial charge in [0.2, 0.25) is 0 Å². The second-order valence-electron chi connectivity index (χ2n) is 5.04. The highest BCUT2D eigenvalue weighted by Crippen LogP contribution is 2.19. The molecule has 3 rings (SSSR count). The molecule has 2 aromatic rings. The van der Waals surface area contributed by atoms with Crippen LogP contribution in [0.2, 0.25) is 0 Å². The summed E-state index contributed by atoms with van der Waals surface area (Å²) in [4.78, 5) is 0. The second-order valence-corrected chi connectivity index (χ2v) is 5.04. The highest BCUT2D eigenvalue weighted by Gasteiger charge is 2.18. The van der Waals surface area contributed by atoms with Crippen molar-refractivity contribution in [2.75, 3.05) is 6.61 Å². The lowest BCUT2D eigenvalue weighted by molar-refractivity contribution is 0.104. The Kier molecular flexibility index (Phi) is 4.08. The molecule has 1 atom stereocenters. The van der Waals surface area contributed by atoms with Gasteiger partial charge in [-0.25, -0.2) is 0 Å². The number of hydrogen-bond donors (Lipinski definition) is 1. The Morgan fingerprint density at radius 3 is 2.70 bits per heavy atom. The van der Waals surface area contributed by atoms with Crippen LogP contribution in [0.15, 0.2) is 30.3 Å². The SMILES string of the molecule is OCc1nnc(CCC2CCCO2)n1-c1ccccc1. The van der Waals surface area contributed by atoms with Gasteiger partial charge < -0.3 is 9.84 Å². The van der Waals surface area contributed by atoms with E-state index in [1.54, 1.807) is 0 Å². The highest BCUT2D eigenvalue weighted by molar-refractivity contribution is 5.33. The summed E-state index contributed by atoms with van der Waals surface area (Å²) in [6, 6.07) is 9.91. The van der Waals surface area contributed by atoms with Crippen molar-refractivity contribution >= 4 is 0 Å². The summed E-state index contributed by atoms with van der Waals surface area (Å²) < 4.78 is 7.59. The molecule has 5 nitrogen and oxygen atoms in total. The van der Waals surface area contributed by atoms with Gasteiger partial charge in [0, 0.05) is 18.7 Å². The van der Waals surface area contributed by atoms with Crippen molar-refractivity contribution in [1.82, 2.24) is 14.8 Å². The average Bonchev–Trinajstić information content (AvgIpc) is 3.15. The summed E-state index contributed by atoms with van der Waals surface area (Å²) in [6.07, 6.45) is 4.39. The maximum Gasteiger partial charge on any atom is 0.163 e. The summed E-state index contributed by atoms with van der Waals surface area (Å²) >= 11 is 0. The lowest BCUT2D eigenvalue weighted by Crippen LogP contribution is -2.10. The Bertz CT molecular complexity index is 548. The molecule has 0 aliphatic carbocycles. The molecule has 2 heterocycles. The highest BCUT2D eigenvalue weighted by atomic mass is 16.5. The maximum atomic E-state index is 9.42. The molecule has 0 spiro atoms. The van der Waals surface area contributed by atoms with Gasteiger partial charge in [-0.15, -0.1) is 10.2 Å². The fraction of sp³-hybridized carbons (Fsp3) is 0.467. The number of benzene rings is 1. The molecule has 1 fully saturated rings. The fourth-order valence-electron chi connectivity index (χ4n) is 2.66. The first-order chi connectivity index (χ1) is 9.88. The van der Waals surface area contributed by atoms with Gasteiger partial charge in [0.1, 0.15) is 12.4 Å². The van der Waals surface area contributed by atoms with E-state index in [0.717, 1.165) is 43.8 Å². The standard InChI is InChI=1S/C15H19N3O2/c19-11-15-17-16-14(9-8-13-7-4-10-20-13)18(15)12-5-2-1-3-6-12/h1-3,5-6,13,19H,4,7-11H2. The zero-order chi connectivity index (χ0) is 13.8.